The number of benzene rings is 1. The summed E-state index contributed by atoms with van der Waals surface area (Å²) in [7, 11) is 1.46. The molecule has 110 valence electrons. The van der Waals surface area contributed by atoms with Crippen molar-refractivity contribution in [2.45, 2.75) is 26.3 Å². The van der Waals surface area contributed by atoms with Crippen LogP contribution >= 0.6 is 0 Å². The molecule has 0 aliphatic heterocycles. The van der Waals surface area contributed by atoms with Crippen molar-refractivity contribution in [2.75, 3.05) is 12.4 Å². The molecule has 0 aliphatic carbocycles. The van der Waals surface area contributed by atoms with Crippen LogP contribution in [-0.2, 0) is 4.79 Å². The molecule has 4 N–H and O–H groups in total. The first-order valence-corrected chi connectivity index (χ1v) is 6.33. The van der Waals surface area contributed by atoms with Gasteiger partial charge in [-0.2, -0.15) is 0 Å². The molecule has 0 saturated carbocycles. The van der Waals surface area contributed by atoms with E-state index >= 15 is 0 Å². The lowest BCUT2D eigenvalue weighted by Crippen LogP contribution is -2.37. The van der Waals surface area contributed by atoms with Crippen LogP contribution in [0.15, 0.2) is 18.2 Å². The molecule has 0 fully saturated rings. The number of carboxylic acid groups (broad SMARTS) is 1. The smallest absolute Gasteiger partial charge is 0.337 e. The number of rotatable bonds is 6. The average molecular weight is 280 g/mol. The second-order valence-electron chi connectivity index (χ2n) is 4.94. The van der Waals surface area contributed by atoms with E-state index in [0.29, 0.717) is 12.2 Å². The van der Waals surface area contributed by atoms with E-state index < -0.39 is 17.9 Å². The molecule has 1 amide bonds. The summed E-state index contributed by atoms with van der Waals surface area (Å²) in [5, 5.41) is 11.6. The lowest BCUT2D eigenvalue weighted by Gasteiger charge is -2.15. The summed E-state index contributed by atoms with van der Waals surface area (Å²) in [4.78, 5) is 23.1. The maximum atomic E-state index is 12.0. The molecule has 0 saturated heterocycles. The summed E-state index contributed by atoms with van der Waals surface area (Å²) < 4.78 is 5.02. The Morgan fingerprint density at radius 1 is 1.40 bits per heavy atom. The van der Waals surface area contributed by atoms with Crippen LogP contribution in [0.3, 0.4) is 0 Å². The number of hydrogen-bond donors (Lipinski definition) is 3. The first-order valence-electron chi connectivity index (χ1n) is 6.33. The number of carboxylic acids is 1. The maximum absolute atomic E-state index is 12.0. The van der Waals surface area contributed by atoms with E-state index in [1.54, 1.807) is 0 Å². The molecular formula is C14H20N2O4. The third-order valence-corrected chi connectivity index (χ3v) is 2.78. The fourth-order valence-corrected chi connectivity index (χ4v) is 1.78. The molecule has 0 aliphatic rings. The van der Waals surface area contributed by atoms with Gasteiger partial charge in [0.1, 0.15) is 5.75 Å². The van der Waals surface area contributed by atoms with Crippen molar-refractivity contribution < 1.29 is 19.4 Å². The summed E-state index contributed by atoms with van der Waals surface area (Å²) in [6, 6.07) is 3.68. The van der Waals surface area contributed by atoms with Gasteiger partial charge in [0, 0.05) is 6.07 Å². The quantitative estimate of drug-likeness (QED) is 0.736. The Morgan fingerprint density at radius 3 is 2.55 bits per heavy atom. The molecule has 1 rings (SSSR count). The van der Waals surface area contributed by atoms with Gasteiger partial charge in [-0.05, 0) is 24.5 Å². The number of nitrogens with two attached hydrogens (primary N) is 1. The molecule has 6 nitrogen and oxygen atoms in total. The SMILES string of the molecule is COc1ccc(C(=O)O)c(NC(=O)[C@H](N)CC(C)C)c1. The van der Waals surface area contributed by atoms with Crippen LogP contribution in [-0.4, -0.2) is 30.1 Å². The van der Waals surface area contributed by atoms with Crippen LogP contribution < -0.4 is 15.8 Å². The summed E-state index contributed by atoms with van der Waals surface area (Å²) in [5.41, 5.74) is 5.95. The van der Waals surface area contributed by atoms with E-state index in [1.807, 2.05) is 13.8 Å². The van der Waals surface area contributed by atoms with Gasteiger partial charge in [-0.25, -0.2) is 4.79 Å². The van der Waals surface area contributed by atoms with Crippen molar-refractivity contribution in [3.05, 3.63) is 23.8 Å². The first kappa shape index (κ1) is 16.0. The second-order valence-corrected chi connectivity index (χ2v) is 4.94. The van der Waals surface area contributed by atoms with E-state index in [4.69, 9.17) is 15.6 Å². The molecule has 1 aromatic rings. The van der Waals surface area contributed by atoms with Crippen LogP contribution in [0.25, 0.3) is 0 Å². The fourth-order valence-electron chi connectivity index (χ4n) is 1.78. The zero-order valence-electron chi connectivity index (χ0n) is 11.8. The summed E-state index contributed by atoms with van der Waals surface area (Å²) in [5.74, 6) is -0.794. The lowest BCUT2D eigenvalue weighted by atomic mass is 10.0. The summed E-state index contributed by atoms with van der Waals surface area (Å²) >= 11 is 0. The van der Waals surface area contributed by atoms with E-state index in [2.05, 4.69) is 5.32 Å². The number of aromatic carboxylic acids is 1. The highest BCUT2D eigenvalue weighted by atomic mass is 16.5. The summed E-state index contributed by atoms with van der Waals surface area (Å²) in [6.07, 6.45) is 0.526. The van der Waals surface area contributed by atoms with Crippen LogP contribution in [0.5, 0.6) is 5.75 Å². The molecule has 0 bridgehead atoms. The highest BCUT2D eigenvalue weighted by molar-refractivity contribution is 6.02. The number of methoxy groups -OCH3 is 1. The molecule has 6 heteroatoms. The van der Waals surface area contributed by atoms with Gasteiger partial charge < -0.3 is 20.9 Å². The van der Waals surface area contributed by atoms with Crippen molar-refractivity contribution >= 4 is 17.6 Å². The molecular weight excluding hydrogens is 260 g/mol. The van der Waals surface area contributed by atoms with Crippen molar-refractivity contribution in [2.24, 2.45) is 11.7 Å². The van der Waals surface area contributed by atoms with Gasteiger partial charge in [-0.15, -0.1) is 0 Å². The molecule has 0 spiro atoms. The minimum absolute atomic E-state index is 0.00380. The monoisotopic (exact) mass is 280 g/mol. The molecule has 20 heavy (non-hydrogen) atoms. The lowest BCUT2D eigenvalue weighted by molar-refractivity contribution is -0.117. The predicted octanol–water partition coefficient (Wildman–Crippen LogP) is 1.71. The molecule has 0 radical (unpaired) electrons. The third kappa shape index (κ3) is 4.24. The minimum Gasteiger partial charge on any atom is -0.497 e. The number of anilines is 1. The Bertz CT molecular complexity index is 500. The zero-order valence-corrected chi connectivity index (χ0v) is 11.8. The van der Waals surface area contributed by atoms with Gasteiger partial charge >= 0.3 is 5.97 Å². The van der Waals surface area contributed by atoms with Gasteiger partial charge in [-0.3, -0.25) is 4.79 Å². The highest BCUT2D eigenvalue weighted by Crippen LogP contribution is 2.23. The number of hydrogen-bond acceptors (Lipinski definition) is 4. The third-order valence-electron chi connectivity index (χ3n) is 2.78. The minimum atomic E-state index is -1.12. The van der Waals surface area contributed by atoms with Crippen LogP contribution in [0.2, 0.25) is 0 Å². The number of carbonyl (C=O) groups excluding carboxylic acids is 1. The van der Waals surface area contributed by atoms with Crippen molar-refractivity contribution in [1.29, 1.82) is 0 Å². The Morgan fingerprint density at radius 2 is 2.05 bits per heavy atom. The highest BCUT2D eigenvalue weighted by Gasteiger charge is 2.18. The van der Waals surface area contributed by atoms with Gasteiger partial charge in [0.05, 0.1) is 24.4 Å². The van der Waals surface area contributed by atoms with Crippen molar-refractivity contribution in [3.63, 3.8) is 0 Å². The first-order chi connectivity index (χ1) is 9.35. The van der Waals surface area contributed by atoms with Crippen LogP contribution in [0.1, 0.15) is 30.6 Å². The average Bonchev–Trinajstić information content (AvgIpc) is 2.37. The van der Waals surface area contributed by atoms with Crippen molar-refractivity contribution in [1.82, 2.24) is 0 Å². The van der Waals surface area contributed by atoms with Gasteiger partial charge in [0.15, 0.2) is 0 Å². The van der Waals surface area contributed by atoms with Gasteiger partial charge in [0.25, 0.3) is 0 Å². The largest absolute Gasteiger partial charge is 0.497 e. The van der Waals surface area contributed by atoms with E-state index in [1.165, 1.54) is 25.3 Å². The number of nitrogens with one attached hydrogen (secondary N) is 1. The molecule has 0 heterocycles. The van der Waals surface area contributed by atoms with Crippen LogP contribution in [0, 0.1) is 5.92 Å². The van der Waals surface area contributed by atoms with E-state index in [0.717, 1.165) is 0 Å². The Labute approximate surface area is 117 Å². The molecule has 1 aromatic carbocycles. The standard InChI is InChI=1S/C14H20N2O4/c1-8(2)6-11(15)13(17)16-12-7-9(20-3)4-5-10(12)14(18)19/h4-5,7-8,11H,6,15H2,1-3H3,(H,16,17)(H,18,19)/t11-/m1/s1. The van der Waals surface area contributed by atoms with Crippen molar-refractivity contribution in [3.8, 4) is 5.75 Å². The Kier molecular flexibility index (Phi) is 5.52. The molecule has 0 unspecified atom stereocenters. The zero-order chi connectivity index (χ0) is 15.3. The maximum Gasteiger partial charge on any atom is 0.337 e. The number of carbonyl (C=O) groups is 2. The Hall–Kier alpha value is -2.08. The van der Waals surface area contributed by atoms with E-state index in [9.17, 15) is 9.59 Å². The molecule has 1 atom stereocenters. The fraction of sp³-hybridized carbons (Fsp3) is 0.429. The van der Waals surface area contributed by atoms with Gasteiger partial charge in [-0.1, -0.05) is 13.8 Å². The predicted molar refractivity (Wildman–Crippen MR) is 76.0 cm³/mol. The normalized spacial score (nSPS) is 12.1. The topological polar surface area (TPSA) is 102 Å². The van der Waals surface area contributed by atoms with Crippen LogP contribution in [0.4, 0.5) is 5.69 Å². The summed E-state index contributed by atoms with van der Waals surface area (Å²) in [6.45, 7) is 3.92. The van der Waals surface area contributed by atoms with Gasteiger partial charge in [0.2, 0.25) is 5.91 Å². The Balaban J connectivity index is 2.94. The molecule has 0 aromatic heterocycles. The second kappa shape index (κ2) is 6.91. The van der Waals surface area contributed by atoms with E-state index in [-0.39, 0.29) is 17.2 Å². The number of amides is 1. The number of ether oxygens (including phenoxy) is 1.